The average Bonchev–Trinajstić information content (AvgIpc) is 3.56. The normalized spacial score (nSPS) is 29.9. The summed E-state index contributed by atoms with van der Waals surface area (Å²) in [4.78, 5) is 60.9. The first-order valence-electron chi connectivity index (χ1n) is 21.3. The third-order valence-corrected chi connectivity index (χ3v) is 14.3. The highest BCUT2D eigenvalue weighted by atomic mass is 16.6. The van der Waals surface area contributed by atoms with E-state index in [1.165, 1.54) is 49.9 Å². The van der Waals surface area contributed by atoms with Crippen molar-refractivity contribution in [2.75, 3.05) is 52.8 Å². The summed E-state index contributed by atoms with van der Waals surface area (Å²) >= 11 is 0. The Morgan fingerprint density at radius 1 is 0.879 bits per heavy atom. The first kappa shape index (κ1) is 45.4. The van der Waals surface area contributed by atoms with Crippen molar-refractivity contribution in [2.45, 2.75) is 110 Å². The van der Waals surface area contributed by atoms with Gasteiger partial charge < -0.3 is 39.8 Å². The van der Waals surface area contributed by atoms with Gasteiger partial charge in [-0.3, -0.25) is 24.5 Å². The molecule has 0 heterocycles. The van der Waals surface area contributed by atoms with Crippen LogP contribution < -0.4 is 11.1 Å². The van der Waals surface area contributed by atoms with Gasteiger partial charge in [-0.1, -0.05) is 20.8 Å². The maximum Gasteiger partial charge on any atom is 0.329 e. The van der Waals surface area contributed by atoms with Gasteiger partial charge in [-0.15, -0.1) is 0 Å². The van der Waals surface area contributed by atoms with E-state index in [1.807, 2.05) is 0 Å². The Hall–Kier alpha value is -3.66. The molecule has 5 rings (SSSR count). The van der Waals surface area contributed by atoms with Crippen molar-refractivity contribution < 1.29 is 52.9 Å². The third kappa shape index (κ3) is 11.3. The SMILES string of the molecule is C[C@H](CCC(=O)OCCOCCOCCOCCN)C1CC[C@H]2[C@@H]3CC[C@@H]4C[C@H](OC(=O)[C@H](CC(=O)O)NC(=O)c5ccc([N+](=O)[O-])cc5)CC[C@]4(C)[C@H]3CC[C@]12C. The molecule has 0 bridgehead atoms. The van der Waals surface area contributed by atoms with Gasteiger partial charge in [-0.25, -0.2) is 4.79 Å². The van der Waals surface area contributed by atoms with Crippen molar-refractivity contribution in [1.82, 2.24) is 5.32 Å². The minimum absolute atomic E-state index is 0.0726. The van der Waals surface area contributed by atoms with E-state index >= 15 is 0 Å². The highest BCUT2D eigenvalue weighted by Crippen LogP contribution is 2.68. The Bertz CT molecular complexity index is 1560. The minimum atomic E-state index is -1.39. The Morgan fingerprint density at radius 3 is 2.17 bits per heavy atom. The van der Waals surface area contributed by atoms with Crippen LogP contribution in [0.5, 0.6) is 0 Å². The molecule has 324 valence electrons. The van der Waals surface area contributed by atoms with Crippen LogP contribution in [0, 0.1) is 56.5 Å². The van der Waals surface area contributed by atoms with Crippen molar-refractivity contribution in [3.8, 4) is 0 Å². The number of carbonyl (C=O) groups excluding carboxylic acids is 3. The Balaban J connectivity index is 1.06. The number of rotatable bonds is 22. The number of carbonyl (C=O) groups is 4. The molecule has 1 amide bonds. The number of esters is 2. The highest BCUT2D eigenvalue weighted by Gasteiger charge is 2.60. The molecule has 4 aliphatic rings. The zero-order valence-corrected chi connectivity index (χ0v) is 34.5. The van der Waals surface area contributed by atoms with Gasteiger partial charge in [-0.05, 0) is 123 Å². The van der Waals surface area contributed by atoms with Crippen LogP contribution in [-0.4, -0.2) is 98.8 Å². The van der Waals surface area contributed by atoms with Crippen LogP contribution in [0.2, 0.25) is 0 Å². The fourth-order valence-corrected chi connectivity index (χ4v) is 11.3. The summed E-state index contributed by atoms with van der Waals surface area (Å²) in [5.74, 6) is 0.329. The van der Waals surface area contributed by atoms with Crippen molar-refractivity contribution in [3.63, 3.8) is 0 Å². The fourth-order valence-electron chi connectivity index (χ4n) is 11.3. The summed E-state index contributed by atoms with van der Waals surface area (Å²) in [5.41, 5.74) is 5.63. The molecule has 4 saturated carbocycles. The second-order valence-electron chi connectivity index (χ2n) is 17.5. The van der Waals surface area contributed by atoms with Crippen LogP contribution in [0.25, 0.3) is 0 Å². The molecule has 4 fully saturated rings. The predicted octanol–water partition coefficient (Wildman–Crippen LogP) is 5.71. The molecule has 1 unspecified atom stereocenters. The number of nitrogens with two attached hydrogens (primary N) is 1. The standard InChI is InChI=1S/C43H65N3O12/c1-28(4-13-39(49)57-25-24-56-23-22-55-21-20-54-19-18-44)34-11-12-35-33-10-7-30-26-32(14-16-42(30,2)36(33)15-17-43(34,35)3)58-41(51)37(27-38(47)48)45-40(50)29-5-8-31(9-6-29)46(52)53/h5-6,8-9,28,30,32-37H,4,7,10-27,44H2,1-3H3,(H,45,50)(H,47,48)/t28-,30-,32-,33+,34?,35+,36+,37+,42+,43-/m1/s1. The number of fused-ring (bicyclic) bond motifs is 5. The van der Waals surface area contributed by atoms with E-state index in [9.17, 15) is 34.4 Å². The van der Waals surface area contributed by atoms with Gasteiger partial charge >= 0.3 is 17.9 Å². The van der Waals surface area contributed by atoms with Crippen molar-refractivity contribution in [2.24, 2.45) is 52.1 Å². The van der Waals surface area contributed by atoms with E-state index in [4.69, 9.17) is 29.4 Å². The topological polar surface area (TPSA) is 216 Å². The van der Waals surface area contributed by atoms with Gasteiger partial charge in [0, 0.05) is 30.7 Å². The fraction of sp³-hybridized carbons (Fsp3) is 0.767. The van der Waals surface area contributed by atoms with Crippen molar-refractivity contribution >= 4 is 29.5 Å². The molecule has 15 heteroatoms. The molecule has 0 saturated heterocycles. The Kier molecular flexibility index (Phi) is 16.5. The number of aliphatic carboxylic acids is 1. The molecule has 1 aromatic rings. The Morgan fingerprint density at radius 2 is 1.52 bits per heavy atom. The number of nitro groups is 1. The largest absolute Gasteiger partial charge is 0.481 e. The molecule has 0 radical (unpaired) electrons. The Labute approximate surface area is 341 Å². The molecule has 4 aliphatic carbocycles. The van der Waals surface area contributed by atoms with Gasteiger partial charge in [0.05, 0.1) is 51.0 Å². The third-order valence-electron chi connectivity index (χ3n) is 14.3. The molecule has 0 aliphatic heterocycles. The number of nitrogens with one attached hydrogen (secondary N) is 1. The van der Waals surface area contributed by atoms with E-state index in [0.717, 1.165) is 25.7 Å². The lowest BCUT2D eigenvalue weighted by Crippen LogP contribution is -2.54. The van der Waals surface area contributed by atoms with Crippen molar-refractivity contribution in [3.05, 3.63) is 39.9 Å². The average molecular weight is 816 g/mol. The van der Waals surface area contributed by atoms with Gasteiger partial charge in [0.15, 0.2) is 0 Å². The van der Waals surface area contributed by atoms with E-state index in [0.29, 0.717) is 101 Å². The van der Waals surface area contributed by atoms with Gasteiger partial charge in [0.2, 0.25) is 0 Å². The number of carboxylic acids is 1. The molecular formula is C43H65N3O12. The molecule has 15 nitrogen and oxygen atoms in total. The van der Waals surface area contributed by atoms with Gasteiger partial charge in [0.25, 0.3) is 11.6 Å². The lowest BCUT2D eigenvalue weighted by Gasteiger charge is -2.61. The number of nitrogens with zero attached hydrogens (tertiary/aromatic N) is 1. The van der Waals surface area contributed by atoms with E-state index in [2.05, 4.69) is 26.1 Å². The second kappa shape index (κ2) is 21.0. The number of nitro benzene ring substituents is 1. The molecular weight excluding hydrogens is 750 g/mol. The molecule has 58 heavy (non-hydrogen) atoms. The predicted molar refractivity (Wildman–Crippen MR) is 213 cm³/mol. The first-order chi connectivity index (χ1) is 27.8. The summed E-state index contributed by atoms with van der Waals surface area (Å²) in [6, 6.07) is 3.49. The summed E-state index contributed by atoms with van der Waals surface area (Å²) in [6.07, 6.45) is 9.48. The van der Waals surface area contributed by atoms with Crippen LogP contribution in [0.15, 0.2) is 24.3 Å². The van der Waals surface area contributed by atoms with Crippen molar-refractivity contribution in [1.29, 1.82) is 0 Å². The lowest BCUT2D eigenvalue weighted by molar-refractivity contribution is -0.384. The number of carboxylic acid groups (broad SMARTS) is 1. The van der Waals surface area contributed by atoms with E-state index < -0.39 is 35.2 Å². The number of ether oxygens (including phenoxy) is 5. The number of benzene rings is 1. The molecule has 1 aromatic carbocycles. The molecule has 0 aromatic heterocycles. The zero-order valence-electron chi connectivity index (χ0n) is 34.5. The second-order valence-corrected chi connectivity index (χ2v) is 17.5. The molecule has 4 N–H and O–H groups in total. The maximum absolute atomic E-state index is 13.4. The molecule has 0 spiro atoms. The van der Waals surface area contributed by atoms with E-state index in [1.54, 1.807) is 0 Å². The number of amides is 1. The maximum atomic E-state index is 13.4. The zero-order chi connectivity index (χ0) is 41.9. The van der Waals surface area contributed by atoms with Crippen LogP contribution in [0.1, 0.15) is 108 Å². The smallest absolute Gasteiger partial charge is 0.329 e. The number of hydrogen-bond acceptors (Lipinski definition) is 12. The number of hydrogen-bond donors (Lipinski definition) is 3. The summed E-state index contributed by atoms with van der Waals surface area (Å²) < 4.78 is 27.6. The lowest BCUT2D eigenvalue weighted by atomic mass is 9.44. The van der Waals surface area contributed by atoms with Crippen LogP contribution >= 0.6 is 0 Å². The highest BCUT2D eigenvalue weighted by molar-refractivity contribution is 5.97. The first-order valence-corrected chi connectivity index (χ1v) is 21.3. The van der Waals surface area contributed by atoms with Gasteiger partial charge in [-0.2, -0.15) is 0 Å². The number of non-ortho nitro benzene ring substituents is 1. The minimum Gasteiger partial charge on any atom is -0.481 e. The summed E-state index contributed by atoms with van der Waals surface area (Å²) in [7, 11) is 0. The van der Waals surface area contributed by atoms with Gasteiger partial charge in [0.1, 0.15) is 18.8 Å². The van der Waals surface area contributed by atoms with Crippen LogP contribution in [0.3, 0.4) is 0 Å². The quantitative estimate of drug-likeness (QED) is 0.0554. The van der Waals surface area contributed by atoms with E-state index in [-0.39, 0.29) is 40.8 Å². The molecule has 10 atom stereocenters. The monoisotopic (exact) mass is 815 g/mol. The van der Waals surface area contributed by atoms with Crippen LogP contribution in [0.4, 0.5) is 5.69 Å². The summed E-state index contributed by atoms with van der Waals surface area (Å²) in [5, 5.41) is 23.0. The summed E-state index contributed by atoms with van der Waals surface area (Å²) in [6.45, 7) is 10.7. The van der Waals surface area contributed by atoms with Crippen LogP contribution in [-0.2, 0) is 38.1 Å².